The number of morpholine rings is 2. The molecular weight excluding hydrogens is 651 g/mol. The minimum Gasteiger partial charge on any atom is -0.367 e. The second-order valence-corrected chi connectivity index (χ2v) is 12.9. The number of fused-ring (bicyclic) bond motifs is 4. The minimum atomic E-state index is -0.327. The van der Waals surface area contributed by atoms with E-state index in [-0.39, 0.29) is 29.8 Å². The first kappa shape index (κ1) is 30.7. The number of nitrogens with one attached hydrogen (secondary N) is 4. The molecule has 4 fully saturated rings. The highest BCUT2D eigenvalue weighted by atomic mass is 79.9. The van der Waals surface area contributed by atoms with Gasteiger partial charge in [0.15, 0.2) is 0 Å². The SMILES string of the molecule is O=C(Nc1ccc(Br)cc1)c1ccc([C@H]2O[C@@H]3CN[C@H]2C3)cc1.O=C(Nc1ccc(F)cc1)c1ccc([C@H]2O[C@@H]3CN[C@H]2C3)cc1. The summed E-state index contributed by atoms with van der Waals surface area (Å²) < 4.78 is 25.8. The standard InChI is InChI=1S/C18H17BrN2O2.C18H17FN2O2/c2*19-13-5-7-14(8-6-13)21-18(22)12-3-1-11(2-4-12)17-16-9-15(23-17)10-20-16/h2*1-8,15-17,20H,9-10H2,(H,21,22)/t2*15-,16-,17+/m00/s1. The van der Waals surface area contributed by atoms with Crippen LogP contribution in [0.5, 0.6) is 0 Å². The van der Waals surface area contributed by atoms with Crippen molar-refractivity contribution in [1.82, 2.24) is 10.6 Å². The fourth-order valence-electron chi connectivity index (χ4n) is 6.48. The first-order valence-electron chi connectivity index (χ1n) is 15.5. The largest absolute Gasteiger partial charge is 0.367 e. The van der Waals surface area contributed by atoms with Gasteiger partial charge in [0.2, 0.25) is 0 Å². The number of carbonyl (C=O) groups excluding carboxylic acids is 2. The third-order valence-corrected chi connectivity index (χ3v) is 9.39. The highest BCUT2D eigenvalue weighted by molar-refractivity contribution is 9.10. The molecule has 0 aromatic heterocycles. The molecule has 4 bridgehead atoms. The Morgan fingerprint density at radius 3 is 1.41 bits per heavy atom. The molecule has 4 saturated heterocycles. The number of rotatable bonds is 6. The molecule has 4 aromatic rings. The molecule has 0 aliphatic carbocycles. The zero-order valence-corrected chi connectivity index (χ0v) is 26.5. The van der Waals surface area contributed by atoms with Crippen LogP contribution in [0.1, 0.15) is 56.9 Å². The van der Waals surface area contributed by atoms with Gasteiger partial charge in [-0.3, -0.25) is 9.59 Å². The van der Waals surface area contributed by atoms with Gasteiger partial charge >= 0.3 is 0 Å². The van der Waals surface area contributed by atoms with E-state index in [4.69, 9.17) is 9.47 Å². The van der Waals surface area contributed by atoms with Crippen molar-refractivity contribution >= 4 is 39.1 Å². The maximum absolute atomic E-state index is 12.9. The number of halogens is 2. The van der Waals surface area contributed by atoms with Gasteiger partial charge in [-0.1, -0.05) is 40.2 Å². The molecule has 4 aromatic carbocycles. The highest BCUT2D eigenvalue weighted by Gasteiger charge is 2.42. The average Bonchev–Trinajstić information content (AvgIpc) is 3.91. The van der Waals surface area contributed by atoms with Gasteiger partial charge in [0.05, 0.1) is 24.4 Å². The van der Waals surface area contributed by atoms with Crippen molar-refractivity contribution in [3.05, 3.63) is 130 Å². The fourth-order valence-corrected chi connectivity index (χ4v) is 6.75. The van der Waals surface area contributed by atoms with Crippen LogP contribution < -0.4 is 21.3 Å². The Bertz CT molecular complexity index is 1560. The van der Waals surface area contributed by atoms with E-state index in [9.17, 15) is 14.0 Å². The van der Waals surface area contributed by atoms with E-state index < -0.39 is 0 Å². The quantitative estimate of drug-likeness (QED) is 0.188. The Hall–Kier alpha value is -3.93. The Labute approximate surface area is 275 Å². The van der Waals surface area contributed by atoms with Crippen LogP contribution in [0.15, 0.2) is 102 Å². The van der Waals surface area contributed by atoms with E-state index in [1.807, 2.05) is 60.7 Å². The zero-order valence-electron chi connectivity index (χ0n) is 24.9. The molecule has 10 heteroatoms. The third kappa shape index (κ3) is 6.91. The lowest BCUT2D eigenvalue weighted by molar-refractivity contribution is 0.0159. The zero-order chi connectivity index (χ0) is 31.6. The normalized spacial score (nSPS) is 25.5. The minimum absolute atomic E-state index is 0.0722. The van der Waals surface area contributed by atoms with E-state index in [1.165, 1.54) is 24.3 Å². The molecule has 4 N–H and O–H groups in total. The first-order valence-corrected chi connectivity index (χ1v) is 16.3. The summed E-state index contributed by atoms with van der Waals surface area (Å²) in [5.41, 5.74) is 4.78. The molecule has 8 nitrogen and oxygen atoms in total. The monoisotopic (exact) mass is 684 g/mol. The summed E-state index contributed by atoms with van der Waals surface area (Å²) in [7, 11) is 0. The van der Waals surface area contributed by atoms with Crippen LogP contribution in [0.25, 0.3) is 0 Å². The summed E-state index contributed by atoms with van der Waals surface area (Å²) in [4.78, 5) is 24.5. The number of hydrogen-bond donors (Lipinski definition) is 4. The average molecular weight is 686 g/mol. The summed E-state index contributed by atoms with van der Waals surface area (Å²) in [6.07, 6.45) is 2.96. The third-order valence-electron chi connectivity index (χ3n) is 8.87. The van der Waals surface area contributed by atoms with Gasteiger partial charge in [-0.05, 0) is 96.8 Å². The Balaban J connectivity index is 0.000000147. The maximum Gasteiger partial charge on any atom is 0.255 e. The van der Waals surface area contributed by atoms with Gasteiger partial charge in [-0.15, -0.1) is 0 Å². The number of amides is 2. The van der Waals surface area contributed by atoms with Gasteiger partial charge in [0.1, 0.15) is 5.82 Å². The number of ether oxygens (including phenoxy) is 2. The molecule has 0 saturated carbocycles. The van der Waals surface area contributed by atoms with Crippen LogP contribution in [0, 0.1) is 5.82 Å². The lowest BCUT2D eigenvalue weighted by Gasteiger charge is -2.23. The Kier molecular flexibility index (Phi) is 8.97. The summed E-state index contributed by atoms with van der Waals surface area (Å²) in [5.74, 6) is -0.646. The van der Waals surface area contributed by atoms with Crippen molar-refractivity contribution in [3.8, 4) is 0 Å². The molecular formula is C36H34BrFN4O4. The smallest absolute Gasteiger partial charge is 0.255 e. The highest BCUT2D eigenvalue weighted by Crippen LogP contribution is 2.38. The molecule has 6 atom stereocenters. The summed E-state index contributed by atoms with van der Waals surface area (Å²) >= 11 is 3.38. The van der Waals surface area contributed by atoms with Crippen molar-refractivity contribution in [2.24, 2.45) is 0 Å². The van der Waals surface area contributed by atoms with E-state index in [2.05, 4.69) is 37.2 Å². The van der Waals surface area contributed by atoms with Crippen LogP contribution in [0.3, 0.4) is 0 Å². The predicted molar refractivity (Wildman–Crippen MR) is 177 cm³/mol. The lowest BCUT2D eigenvalue weighted by atomic mass is 10.0. The molecule has 0 radical (unpaired) electrons. The van der Waals surface area contributed by atoms with Crippen molar-refractivity contribution in [2.45, 2.75) is 49.3 Å². The number of anilines is 2. The maximum atomic E-state index is 12.9. The van der Waals surface area contributed by atoms with E-state index in [1.54, 1.807) is 12.1 Å². The molecule has 8 rings (SSSR count). The van der Waals surface area contributed by atoms with Gasteiger partial charge < -0.3 is 30.7 Å². The van der Waals surface area contributed by atoms with E-state index in [0.29, 0.717) is 41.1 Å². The summed E-state index contributed by atoms with van der Waals surface area (Å²) in [5, 5.41) is 12.6. The Morgan fingerprint density at radius 2 is 1.04 bits per heavy atom. The van der Waals surface area contributed by atoms with Crippen LogP contribution in [-0.4, -0.2) is 49.2 Å². The first-order chi connectivity index (χ1) is 22.4. The van der Waals surface area contributed by atoms with Crippen molar-refractivity contribution < 1.29 is 23.5 Å². The van der Waals surface area contributed by atoms with Crippen LogP contribution in [0.4, 0.5) is 15.8 Å². The van der Waals surface area contributed by atoms with Gasteiger partial charge in [-0.2, -0.15) is 0 Å². The molecule has 4 heterocycles. The number of hydrogen-bond acceptors (Lipinski definition) is 6. The number of benzene rings is 4. The van der Waals surface area contributed by atoms with E-state index >= 15 is 0 Å². The lowest BCUT2D eigenvalue weighted by Crippen LogP contribution is -2.34. The second-order valence-electron chi connectivity index (χ2n) is 12.0. The molecule has 0 unspecified atom stereocenters. The molecule has 0 spiro atoms. The van der Waals surface area contributed by atoms with Crippen molar-refractivity contribution in [1.29, 1.82) is 0 Å². The second kappa shape index (κ2) is 13.4. The summed E-state index contributed by atoms with van der Waals surface area (Å²) in [6, 6.07) is 29.2. The summed E-state index contributed by atoms with van der Waals surface area (Å²) in [6.45, 7) is 1.88. The van der Waals surface area contributed by atoms with Crippen LogP contribution in [-0.2, 0) is 9.47 Å². The number of carbonyl (C=O) groups is 2. The van der Waals surface area contributed by atoms with Crippen LogP contribution in [0.2, 0.25) is 0 Å². The molecule has 236 valence electrons. The Morgan fingerprint density at radius 1 is 0.630 bits per heavy atom. The molecule has 2 amide bonds. The van der Waals surface area contributed by atoms with Gasteiger partial charge in [0, 0.05) is 52.1 Å². The van der Waals surface area contributed by atoms with Crippen LogP contribution >= 0.6 is 15.9 Å². The van der Waals surface area contributed by atoms with Gasteiger partial charge in [0.25, 0.3) is 11.8 Å². The fraction of sp³-hybridized carbons (Fsp3) is 0.278. The molecule has 46 heavy (non-hydrogen) atoms. The predicted octanol–water partition coefficient (Wildman–Crippen LogP) is 6.38. The molecule has 4 aliphatic heterocycles. The van der Waals surface area contributed by atoms with Crippen molar-refractivity contribution in [3.63, 3.8) is 0 Å². The topological polar surface area (TPSA) is 101 Å². The van der Waals surface area contributed by atoms with Gasteiger partial charge in [-0.25, -0.2) is 4.39 Å². The van der Waals surface area contributed by atoms with Crippen molar-refractivity contribution in [2.75, 3.05) is 23.7 Å². The van der Waals surface area contributed by atoms with E-state index in [0.717, 1.165) is 47.2 Å². The molecule has 4 aliphatic rings.